The van der Waals surface area contributed by atoms with E-state index in [-0.39, 0.29) is 17.1 Å². The van der Waals surface area contributed by atoms with Gasteiger partial charge < -0.3 is 4.98 Å². The SMILES string of the molecule is CCc1c(CCC2CCCCC2)nc(SCC(=O)c2ccccc2)[nH]c1=O. The fourth-order valence-electron chi connectivity index (χ4n) is 3.82. The van der Waals surface area contributed by atoms with Gasteiger partial charge in [0.05, 0.1) is 11.4 Å². The Morgan fingerprint density at radius 3 is 2.63 bits per heavy atom. The molecule has 4 nitrogen and oxygen atoms in total. The van der Waals surface area contributed by atoms with Crippen molar-refractivity contribution in [2.75, 3.05) is 5.75 Å². The molecule has 3 rings (SSSR count). The molecule has 0 aliphatic heterocycles. The predicted molar refractivity (Wildman–Crippen MR) is 111 cm³/mol. The molecule has 1 fully saturated rings. The molecule has 1 aliphatic carbocycles. The number of nitrogens with zero attached hydrogens (tertiary/aromatic N) is 1. The van der Waals surface area contributed by atoms with Crippen LogP contribution in [0.15, 0.2) is 40.3 Å². The number of benzene rings is 1. The zero-order chi connectivity index (χ0) is 19.1. The van der Waals surface area contributed by atoms with Crippen LogP contribution in [0.25, 0.3) is 0 Å². The van der Waals surface area contributed by atoms with Crippen molar-refractivity contribution >= 4 is 17.5 Å². The predicted octanol–water partition coefficient (Wildman–Crippen LogP) is 4.82. The summed E-state index contributed by atoms with van der Waals surface area (Å²) in [7, 11) is 0. The lowest BCUT2D eigenvalue weighted by Crippen LogP contribution is -2.19. The monoisotopic (exact) mass is 384 g/mol. The molecule has 144 valence electrons. The van der Waals surface area contributed by atoms with Crippen LogP contribution in [0.3, 0.4) is 0 Å². The van der Waals surface area contributed by atoms with E-state index in [0.717, 1.165) is 30.0 Å². The third kappa shape index (κ3) is 5.55. The first-order valence-electron chi connectivity index (χ1n) is 10.0. The Morgan fingerprint density at radius 2 is 1.93 bits per heavy atom. The number of thioether (sulfide) groups is 1. The summed E-state index contributed by atoms with van der Waals surface area (Å²) in [5.74, 6) is 1.09. The van der Waals surface area contributed by atoms with Crippen molar-refractivity contribution in [1.29, 1.82) is 0 Å². The maximum atomic E-state index is 12.5. The van der Waals surface area contributed by atoms with Crippen LogP contribution in [0, 0.1) is 5.92 Å². The van der Waals surface area contributed by atoms with E-state index in [1.54, 1.807) is 0 Å². The maximum Gasteiger partial charge on any atom is 0.254 e. The minimum Gasteiger partial charge on any atom is -0.301 e. The van der Waals surface area contributed by atoms with Crippen molar-refractivity contribution in [3.05, 3.63) is 57.5 Å². The second-order valence-electron chi connectivity index (χ2n) is 7.27. The molecule has 0 saturated heterocycles. The second kappa shape index (κ2) is 9.88. The molecule has 1 aromatic carbocycles. The lowest BCUT2D eigenvalue weighted by molar-refractivity contribution is 0.102. The molecule has 1 aliphatic rings. The fraction of sp³-hybridized carbons (Fsp3) is 0.500. The smallest absolute Gasteiger partial charge is 0.254 e. The third-order valence-corrected chi connectivity index (χ3v) is 6.26. The van der Waals surface area contributed by atoms with Crippen molar-refractivity contribution < 1.29 is 4.79 Å². The van der Waals surface area contributed by atoms with Crippen LogP contribution in [-0.2, 0) is 12.8 Å². The Bertz CT molecular complexity index is 811. The standard InChI is InChI=1S/C22H28N2O2S/c1-2-18-19(14-13-16-9-5-3-6-10-16)23-22(24-21(18)26)27-15-20(25)17-11-7-4-8-12-17/h4,7-8,11-12,16H,2-3,5-6,9-10,13-15H2,1H3,(H,23,24,26). The van der Waals surface area contributed by atoms with Crippen LogP contribution < -0.4 is 5.56 Å². The molecular weight excluding hydrogens is 356 g/mol. The van der Waals surface area contributed by atoms with Crippen molar-refractivity contribution in [3.8, 4) is 0 Å². The summed E-state index contributed by atoms with van der Waals surface area (Å²) in [5, 5.41) is 0.556. The average Bonchev–Trinajstić information content (AvgIpc) is 2.71. The Morgan fingerprint density at radius 1 is 1.19 bits per heavy atom. The highest BCUT2D eigenvalue weighted by molar-refractivity contribution is 7.99. The first-order valence-corrected chi connectivity index (χ1v) is 11.0. The van der Waals surface area contributed by atoms with E-state index in [1.165, 1.54) is 43.9 Å². The van der Waals surface area contributed by atoms with E-state index in [9.17, 15) is 9.59 Å². The van der Waals surface area contributed by atoms with Gasteiger partial charge in [0.1, 0.15) is 0 Å². The van der Waals surface area contributed by atoms with Crippen molar-refractivity contribution in [3.63, 3.8) is 0 Å². The van der Waals surface area contributed by atoms with Gasteiger partial charge in [-0.1, -0.05) is 81.1 Å². The Balaban J connectivity index is 1.67. The van der Waals surface area contributed by atoms with Crippen LogP contribution >= 0.6 is 11.8 Å². The molecule has 0 bridgehead atoms. The van der Waals surface area contributed by atoms with Crippen molar-refractivity contribution in [2.45, 2.75) is 63.4 Å². The topological polar surface area (TPSA) is 62.8 Å². The van der Waals surface area contributed by atoms with E-state index in [2.05, 4.69) is 4.98 Å². The first-order chi connectivity index (χ1) is 13.2. The van der Waals surface area contributed by atoms with Crippen LogP contribution in [0.4, 0.5) is 0 Å². The van der Waals surface area contributed by atoms with Crippen molar-refractivity contribution in [2.24, 2.45) is 5.92 Å². The molecule has 1 N–H and O–H groups in total. The largest absolute Gasteiger partial charge is 0.301 e. The molecular formula is C22H28N2O2S. The molecule has 1 saturated carbocycles. The Hall–Kier alpha value is -1.88. The Kier molecular flexibility index (Phi) is 7.27. The molecule has 1 aromatic heterocycles. The van der Waals surface area contributed by atoms with Crippen LogP contribution in [-0.4, -0.2) is 21.5 Å². The van der Waals surface area contributed by atoms with Gasteiger partial charge in [-0.25, -0.2) is 4.98 Å². The van der Waals surface area contributed by atoms with Gasteiger partial charge in [0, 0.05) is 11.1 Å². The number of aryl methyl sites for hydroxylation is 1. The number of nitrogens with one attached hydrogen (secondary N) is 1. The number of rotatable bonds is 8. The lowest BCUT2D eigenvalue weighted by atomic mass is 9.85. The van der Waals surface area contributed by atoms with E-state index in [4.69, 9.17) is 4.98 Å². The molecule has 0 radical (unpaired) electrons. The van der Waals surface area contributed by atoms with Crippen molar-refractivity contribution in [1.82, 2.24) is 9.97 Å². The van der Waals surface area contributed by atoms with Gasteiger partial charge in [0.15, 0.2) is 10.9 Å². The molecule has 0 unspecified atom stereocenters. The van der Waals surface area contributed by atoms with E-state index < -0.39 is 0 Å². The summed E-state index contributed by atoms with van der Waals surface area (Å²) in [4.78, 5) is 32.3. The number of hydrogen-bond acceptors (Lipinski definition) is 4. The number of carbonyl (C=O) groups is 1. The highest BCUT2D eigenvalue weighted by atomic mass is 32.2. The summed E-state index contributed by atoms with van der Waals surface area (Å²) >= 11 is 1.32. The normalized spacial score (nSPS) is 15.0. The van der Waals surface area contributed by atoms with Crippen LogP contribution in [0.5, 0.6) is 0 Å². The summed E-state index contributed by atoms with van der Waals surface area (Å²) < 4.78 is 0. The summed E-state index contributed by atoms with van der Waals surface area (Å²) in [6.07, 6.45) is 9.28. The maximum absolute atomic E-state index is 12.5. The third-order valence-electron chi connectivity index (χ3n) is 5.38. The average molecular weight is 385 g/mol. The molecule has 0 atom stereocenters. The highest BCUT2D eigenvalue weighted by Gasteiger charge is 2.17. The number of ketones is 1. The molecule has 0 amide bonds. The molecule has 2 aromatic rings. The number of aromatic amines is 1. The van der Waals surface area contributed by atoms with E-state index in [0.29, 0.717) is 17.1 Å². The summed E-state index contributed by atoms with van der Waals surface area (Å²) in [5.41, 5.74) is 2.35. The van der Waals surface area contributed by atoms with Gasteiger partial charge in [-0.2, -0.15) is 0 Å². The van der Waals surface area contributed by atoms with Gasteiger partial charge >= 0.3 is 0 Å². The van der Waals surface area contributed by atoms with Gasteiger partial charge in [-0.05, 0) is 25.2 Å². The summed E-state index contributed by atoms with van der Waals surface area (Å²) in [6.45, 7) is 2.00. The molecule has 5 heteroatoms. The zero-order valence-corrected chi connectivity index (χ0v) is 16.8. The van der Waals surface area contributed by atoms with Crippen LogP contribution in [0.1, 0.15) is 67.1 Å². The van der Waals surface area contributed by atoms with Gasteiger partial charge in [-0.15, -0.1) is 0 Å². The minimum atomic E-state index is -0.0548. The van der Waals surface area contributed by atoms with E-state index >= 15 is 0 Å². The van der Waals surface area contributed by atoms with Gasteiger partial charge in [-0.3, -0.25) is 9.59 Å². The number of H-pyrrole nitrogens is 1. The number of hydrogen-bond donors (Lipinski definition) is 1. The lowest BCUT2D eigenvalue weighted by Gasteiger charge is -2.21. The van der Waals surface area contributed by atoms with Crippen LogP contribution in [0.2, 0.25) is 0 Å². The quantitative estimate of drug-likeness (QED) is 0.403. The fourth-order valence-corrected chi connectivity index (χ4v) is 4.59. The second-order valence-corrected chi connectivity index (χ2v) is 8.23. The number of aromatic nitrogens is 2. The minimum absolute atomic E-state index is 0.0478. The highest BCUT2D eigenvalue weighted by Crippen LogP contribution is 2.27. The molecule has 0 spiro atoms. The number of Topliss-reactive ketones (excluding diaryl/α,β-unsaturated/α-hetero) is 1. The first kappa shape index (κ1) is 19.9. The Labute approximate surface area is 165 Å². The van der Waals surface area contributed by atoms with E-state index in [1.807, 2.05) is 37.3 Å². The van der Waals surface area contributed by atoms with Gasteiger partial charge in [0.2, 0.25) is 0 Å². The summed E-state index contributed by atoms with van der Waals surface area (Å²) in [6, 6.07) is 9.24. The molecule has 27 heavy (non-hydrogen) atoms. The van der Waals surface area contributed by atoms with Gasteiger partial charge in [0.25, 0.3) is 5.56 Å². The number of carbonyl (C=O) groups excluding carboxylic acids is 1. The zero-order valence-electron chi connectivity index (χ0n) is 16.0. The molecule has 1 heterocycles.